The van der Waals surface area contributed by atoms with Gasteiger partial charge in [0, 0.05) is 13.1 Å². The Labute approximate surface area is 128 Å². The van der Waals surface area contributed by atoms with Crippen LogP contribution in [0.15, 0.2) is 0 Å². The normalized spacial score (nSPS) is 22.1. The van der Waals surface area contributed by atoms with Crippen molar-refractivity contribution in [3.05, 3.63) is 10.6 Å². The summed E-state index contributed by atoms with van der Waals surface area (Å²) in [5, 5.41) is 9.90. The van der Waals surface area contributed by atoms with E-state index < -0.39 is 15.8 Å². The van der Waals surface area contributed by atoms with Gasteiger partial charge in [-0.15, -0.1) is 0 Å². The molecule has 0 spiro atoms. The molecule has 21 heavy (non-hydrogen) atoms. The molecule has 1 aliphatic rings. The van der Waals surface area contributed by atoms with Crippen molar-refractivity contribution in [3.8, 4) is 0 Å². The fourth-order valence-electron chi connectivity index (χ4n) is 2.39. The number of carbonyl (C=O) groups is 1. The summed E-state index contributed by atoms with van der Waals surface area (Å²) < 4.78 is 23.1. The number of hydrogen-bond donors (Lipinski definition) is 1. The van der Waals surface area contributed by atoms with E-state index in [0.717, 1.165) is 17.8 Å². The highest BCUT2D eigenvalue weighted by Crippen LogP contribution is 2.33. The molecule has 0 aliphatic carbocycles. The predicted molar refractivity (Wildman–Crippen MR) is 83.2 cm³/mol. The van der Waals surface area contributed by atoms with Crippen LogP contribution in [0.4, 0.5) is 5.13 Å². The van der Waals surface area contributed by atoms with Crippen LogP contribution in [-0.4, -0.2) is 49.1 Å². The van der Waals surface area contributed by atoms with Crippen LogP contribution < -0.4 is 4.90 Å². The molecule has 2 unspecified atom stereocenters. The summed E-state index contributed by atoms with van der Waals surface area (Å²) in [4.78, 5) is 17.9. The SMILES string of the molecule is CCC(C)c1nc(N(C)C2CCS(=O)(=O)C2)sc1C(=O)O. The number of thiazole rings is 1. The second kappa shape index (κ2) is 5.92. The van der Waals surface area contributed by atoms with E-state index >= 15 is 0 Å². The highest BCUT2D eigenvalue weighted by atomic mass is 32.2. The van der Waals surface area contributed by atoms with Crippen LogP contribution in [0.5, 0.6) is 0 Å². The van der Waals surface area contributed by atoms with Crippen LogP contribution >= 0.6 is 11.3 Å². The Bertz CT molecular complexity index is 639. The largest absolute Gasteiger partial charge is 0.477 e. The number of aromatic nitrogens is 1. The fraction of sp³-hybridized carbons (Fsp3) is 0.692. The first kappa shape index (κ1) is 16.2. The Morgan fingerprint density at radius 3 is 2.71 bits per heavy atom. The van der Waals surface area contributed by atoms with E-state index in [1.54, 1.807) is 7.05 Å². The van der Waals surface area contributed by atoms with Crippen LogP contribution in [0.3, 0.4) is 0 Å². The van der Waals surface area contributed by atoms with Gasteiger partial charge >= 0.3 is 5.97 Å². The fourth-order valence-corrected chi connectivity index (χ4v) is 5.22. The number of hydrogen-bond acceptors (Lipinski definition) is 6. The van der Waals surface area contributed by atoms with Crippen molar-refractivity contribution in [2.75, 3.05) is 23.5 Å². The first-order valence-electron chi connectivity index (χ1n) is 6.92. The van der Waals surface area contributed by atoms with Gasteiger partial charge in [-0.1, -0.05) is 25.2 Å². The molecule has 1 saturated heterocycles. The molecule has 0 radical (unpaired) electrons. The molecule has 1 fully saturated rings. The molecule has 6 nitrogen and oxygen atoms in total. The molecule has 0 aromatic carbocycles. The second-order valence-corrected chi connectivity index (χ2v) is 8.70. The smallest absolute Gasteiger partial charge is 0.347 e. The topological polar surface area (TPSA) is 87.6 Å². The minimum atomic E-state index is -2.97. The second-order valence-electron chi connectivity index (χ2n) is 5.49. The Balaban J connectivity index is 2.30. The van der Waals surface area contributed by atoms with Crippen molar-refractivity contribution >= 4 is 32.3 Å². The monoisotopic (exact) mass is 332 g/mol. The molecule has 0 saturated carbocycles. The maximum absolute atomic E-state index is 11.6. The number of nitrogens with zero attached hydrogens (tertiary/aromatic N) is 2. The van der Waals surface area contributed by atoms with Gasteiger partial charge in [0.15, 0.2) is 15.0 Å². The Morgan fingerprint density at radius 2 is 2.24 bits per heavy atom. The van der Waals surface area contributed by atoms with Crippen molar-refractivity contribution in [1.82, 2.24) is 4.98 Å². The maximum atomic E-state index is 11.6. The van der Waals surface area contributed by atoms with Crippen LogP contribution in [0.1, 0.15) is 48.0 Å². The average molecular weight is 332 g/mol. The Morgan fingerprint density at radius 1 is 1.57 bits per heavy atom. The number of carboxylic acid groups (broad SMARTS) is 1. The van der Waals surface area contributed by atoms with Crippen molar-refractivity contribution in [2.45, 2.75) is 38.6 Å². The zero-order chi connectivity index (χ0) is 15.8. The molecule has 2 heterocycles. The zero-order valence-corrected chi connectivity index (χ0v) is 14.0. The number of rotatable bonds is 5. The van der Waals surface area contributed by atoms with Gasteiger partial charge in [-0.2, -0.15) is 0 Å². The molecular weight excluding hydrogens is 312 g/mol. The number of anilines is 1. The van der Waals surface area contributed by atoms with E-state index in [9.17, 15) is 18.3 Å². The summed E-state index contributed by atoms with van der Waals surface area (Å²) in [7, 11) is -1.18. The minimum absolute atomic E-state index is 0.0711. The van der Waals surface area contributed by atoms with E-state index in [4.69, 9.17) is 0 Å². The van der Waals surface area contributed by atoms with E-state index in [1.807, 2.05) is 18.7 Å². The van der Waals surface area contributed by atoms with Crippen molar-refractivity contribution < 1.29 is 18.3 Å². The van der Waals surface area contributed by atoms with E-state index in [-0.39, 0.29) is 28.3 Å². The summed E-state index contributed by atoms with van der Waals surface area (Å²) >= 11 is 1.13. The first-order chi connectivity index (χ1) is 9.75. The summed E-state index contributed by atoms with van der Waals surface area (Å²) in [6.45, 7) is 3.94. The van der Waals surface area contributed by atoms with Gasteiger partial charge in [0.2, 0.25) is 0 Å². The van der Waals surface area contributed by atoms with Crippen molar-refractivity contribution in [3.63, 3.8) is 0 Å². The molecule has 2 atom stereocenters. The quantitative estimate of drug-likeness (QED) is 0.887. The summed E-state index contributed by atoms with van der Waals surface area (Å²) in [5.41, 5.74) is 0.595. The molecule has 1 N–H and O–H groups in total. The Kier molecular flexibility index (Phi) is 4.57. The average Bonchev–Trinajstić information content (AvgIpc) is 3.00. The molecule has 2 rings (SSSR count). The first-order valence-corrected chi connectivity index (χ1v) is 9.56. The lowest BCUT2D eigenvalue weighted by Crippen LogP contribution is -2.32. The van der Waals surface area contributed by atoms with E-state index in [1.165, 1.54) is 0 Å². The molecule has 1 aliphatic heterocycles. The van der Waals surface area contributed by atoms with Crippen LogP contribution in [0, 0.1) is 0 Å². The number of sulfone groups is 1. The van der Waals surface area contributed by atoms with Gasteiger partial charge in [0.1, 0.15) is 4.88 Å². The third kappa shape index (κ3) is 3.37. The summed E-state index contributed by atoms with van der Waals surface area (Å²) in [5.74, 6) is -0.593. The third-order valence-electron chi connectivity index (χ3n) is 3.97. The molecular formula is C13H20N2O4S2. The third-order valence-corrected chi connectivity index (χ3v) is 6.87. The molecule has 1 aromatic heterocycles. The van der Waals surface area contributed by atoms with Gasteiger partial charge in [0.25, 0.3) is 0 Å². The van der Waals surface area contributed by atoms with Gasteiger partial charge in [-0.05, 0) is 18.8 Å². The van der Waals surface area contributed by atoms with E-state index in [2.05, 4.69) is 4.98 Å². The lowest BCUT2D eigenvalue weighted by atomic mass is 10.0. The zero-order valence-electron chi connectivity index (χ0n) is 12.4. The predicted octanol–water partition coefficient (Wildman–Crippen LogP) is 1.98. The summed E-state index contributed by atoms with van der Waals surface area (Å²) in [6, 6.07) is -0.118. The van der Waals surface area contributed by atoms with Crippen molar-refractivity contribution in [2.24, 2.45) is 0 Å². The van der Waals surface area contributed by atoms with Crippen LogP contribution in [-0.2, 0) is 9.84 Å². The number of aromatic carboxylic acids is 1. The molecule has 0 bridgehead atoms. The molecule has 118 valence electrons. The van der Waals surface area contributed by atoms with E-state index in [0.29, 0.717) is 17.2 Å². The highest BCUT2D eigenvalue weighted by molar-refractivity contribution is 7.91. The van der Waals surface area contributed by atoms with Crippen LogP contribution in [0.2, 0.25) is 0 Å². The van der Waals surface area contributed by atoms with Gasteiger partial charge in [-0.3, -0.25) is 0 Å². The van der Waals surface area contributed by atoms with Gasteiger partial charge in [0.05, 0.1) is 17.2 Å². The lowest BCUT2D eigenvalue weighted by Gasteiger charge is -2.22. The Hall–Kier alpha value is -1.15. The van der Waals surface area contributed by atoms with Crippen molar-refractivity contribution in [1.29, 1.82) is 0 Å². The molecule has 0 amide bonds. The lowest BCUT2D eigenvalue weighted by molar-refractivity contribution is 0.0700. The molecule has 1 aromatic rings. The minimum Gasteiger partial charge on any atom is -0.477 e. The molecule has 8 heteroatoms. The number of carboxylic acids is 1. The van der Waals surface area contributed by atoms with Gasteiger partial charge in [-0.25, -0.2) is 18.2 Å². The van der Waals surface area contributed by atoms with Crippen LogP contribution in [0.25, 0.3) is 0 Å². The standard InChI is InChI=1S/C13H20N2O4S2/c1-4-8(2)10-11(12(16)17)20-13(14-10)15(3)9-5-6-21(18,19)7-9/h8-9H,4-7H2,1-3H3,(H,16,17). The maximum Gasteiger partial charge on any atom is 0.347 e. The van der Waals surface area contributed by atoms with Gasteiger partial charge < -0.3 is 10.0 Å². The summed E-state index contributed by atoms with van der Waals surface area (Å²) in [6.07, 6.45) is 1.38. The highest BCUT2D eigenvalue weighted by Gasteiger charge is 2.33.